The molecule has 8 heteroatoms. The minimum absolute atomic E-state index is 0.00502. The second-order valence-corrected chi connectivity index (χ2v) is 14.7. The number of hydrogen-bond acceptors (Lipinski definition) is 6. The van der Waals surface area contributed by atoms with Crippen molar-refractivity contribution in [3.63, 3.8) is 0 Å². The van der Waals surface area contributed by atoms with E-state index in [-0.39, 0.29) is 40.2 Å². The summed E-state index contributed by atoms with van der Waals surface area (Å²) in [7, 11) is -2.96. The monoisotopic (exact) mass is 487 g/mol. The summed E-state index contributed by atoms with van der Waals surface area (Å²) in [4.78, 5) is 17.8. The second kappa shape index (κ2) is 7.74. The van der Waals surface area contributed by atoms with Crippen LogP contribution in [0.2, 0.25) is 0 Å². The number of fused-ring (bicyclic) bond motifs is 1. The van der Waals surface area contributed by atoms with Gasteiger partial charge in [-0.1, -0.05) is 17.8 Å². The number of aryl methyl sites for hydroxylation is 1. The van der Waals surface area contributed by atoms with Gasteiger partial charge in [-0.3, -0.25) is 9.79 Å². The highest BCUT2D eigenvalue weighted by molar-refractivity contribution is 8.15. The van der Waals surface area contributed by atoms with Crippen LogP contribution >= 0.6 is 11.8 Å². The average Bonchev–Trinajstić information content (AvgIpc) is 3.21. The van der Waals surface area contributed by atoms with Crippen molar-refractivity contribution in [2.45, 2.75) is 69.7 Å². The van der Waals surface area contributed by atoms with E-state index >= 15 is 0 Å². The van der Waals surface area contributed by atoms with E-state index in [1.165, 1.54) is 50.3 Å². The molecule has 0 radical (unpaired) electrons. The number of hydrogen-bond donors (Lipinski definition) is 2. The summed E-state index contributed by atoms with van der Waals surface area (Å²) in [5.74, 6) is 2.92. The molecule has 2 N–H and O–H groups in total. The van der Waals surface area contributed by atoms with Crippen molar-refractivity contribution in [2.24, 2.45) is 28.2 Å². The molecule has 2 aliphatic heterocycles. The molecule has 178 valence electrons. The molecule has 7 rings (SSSR count). The third kappa shape index (κ3) is 4.01. The number of amidine groups is 1. The standard InChI is InChI=1S/C25H33N3O3S2/c1-14-3-4-19(8-20(14)27-24-28-21-12-33(30,31)13-22(21)32-24)23(29)26-15(2)25-9-16-5-17(10-25)7-18(6-16)11-25/h3-4,8,15-18,21-22H,5-7,9-13H2,1-2H3,(H,26,29)(H,27,28)/t15-,16?,17?,18?,21+,22-,25?/m1/s1. The molecule has 4 aliphatic carbocycles. The van der Waals surface area contributed by atoms with Gasteiger partial charge in [-0.05, 0) is 93.2 Å². The Morgan fingerprint density at radius 1 is 1.12 bits per heavy atom. The molecule has 0 spiro atoms. The number of carbonyl (C=O) groups excluding carboxylic acids is 1. The Hall–Kier alpha value is -1.54. The van der Waals surface area contributed by atoms with E-state index in [1.807, 2.05) is 25.1 Å². The first-order chi connectivity index (χ1) is 15.7. The Labute approximate surface area is 200 Å². The highest BCUT2D eigenvalue weighted by Gasteiger charge is 2.53. The predicted octanol–water partition coefficient (Wildman–Crippen LogP) is 4.01. The molecule has 0 unspecified atom stereocenters. The molecule has 4 saturated carbocycles. The van der Waals surface area contributed by atoms with Crippen LogP contribution in [0.5, 0.6) is 0 Å². The van der Waals surface area contributed by atoms with Crippen molar-refractivity contribution in [3.8, 4) is 0 Å². The summed E-state index contributed by atoms with van der Waals surface area (Å²) in [6, 6.07) is 5.80. The number of anilines is 1. The molecule has 3 atom stereocenters. The maximum atomic E-state index is 13.2. The second-order valence-electron chi connectivity index (χ2n) is 11.4. The number of amides is 1. The zero-order valence-electron chi connectivity index (χ0n) is 19.3. The van der Waals surface area contributed by atoms with Gasteiger partial charge in [-0.2, -0.15) is 0 Å². The highest BCUT2D eigenvalue weighted by Crippen LogP contribution is 2.61. The lowest BCUT2D eigenvalue weighted by Crippen LogP contribution is -2.55. The summed E-state index contributed by atoms with van der Waals surface area (Å²) in [6.45, 7) is 4.22. The number of nitrogens with one attached hydrogen (secondary N) is 2. The molecule has 1 saturated heterocycles. The lowest BCUT2D eigenvalue weighted by atomic mass is 9.48. The van der Waals surface area contributed by atoms with Crippen LogP contribution in [0.15, 0.2) is 23.2 Å². The van der Waals surface area contributed by atoms with Crippen molar-refractivity contribution >= 4 is 38.4 Å². The molecule has 4 bridgehead atoms. The molecule has 6 nitrogen and oxygen atoms in total. The van der Waals surface area contributed by atoms with Gasteiger partial charge >= 0.3 is 0 Å². The van der Waals surface area contributed by atoms with Crippen molar-refractivity contribution in [1.29, 1.82) is 0 Å². The van der Waals surface area contributed by atoms with Gasteiger partial charge in [0, 0.05) is 22.5 Å². The minimum atomic E-state index is -2.96. The first-order valence-electron chi connectivity index (χ1n) is 12.3. The summed E-state index contributed by atoms with van der Waals surface area (Å²) in [5, 5.41) is 7.48. The Morgan fingerprint density at radius 3 is 2.42 bits per heavy atom. The number of rotatable bonds is 4. The van der Waals surface area contributed by atoms with E-state index in [9.17, 15) is 13.2 Å². The van der Waals surface area contributed by atoms with Crippen LogP contribution in [0.25, 0.3) is 0 Å². The smallest absolute Gasteiger partial charge is 0.251 e. The van der Waals surface area contributed by atoms with Gasteiger partial charge in [-0.25, -0.2) is 8.42 Å². The van der Waals surface area contributed by atoms with Crippen molar-refractivity contribution in [1.82, 2.24) is 5.32 Å². The van der Waals surface area contributed by atoms with Crippen LogP contribution in [-0.2, 0) is 9.84 Å². The van der Waals surface area contributed by atoms with Crippen LogP contribution in [-0.4, -0.2) is 48.3 Å². The molecule has 1 aromatic rings. The normalized spacial score (nSPS) is 38.6. The van der Waals surface area contributed by atoms with Gasteiger partial charge in [0.25, 0.3) is 5.91 Å². The van der Waals surface area contributed by atoms with Crippen molar-refractivity contribution in [2.75, 3.05) is 16.8 Å². The van der Waals surface area contributed by atoms with E-state index in [4.69, 9.17) is 0 Å². The number of aliphatic imine (C=N–C) groups is 1. The average molecular weight is 488 g/mol. The van der Waals surface area contributed by atoms with Gasteiger partial charge in [0.05, 0.1) is 17.5 Å². The summed E-state index contributed by atoms with van der Waals surface area (Å²) in [5.41, 5.74) is 2.84. The van der Waals surface area contributed by atoms with Crippen LogP contribution < -0.4 is 10.6 Å². The van der Waals surface area contributed by atoms with Gasteiger partial charge in [0.15, 0.2) is 15.0 Å². The zero-order chi connectivity index (χ0) is 23.0. The first kappa shape index (κ1) is 22.0. The molecular formula is C25H33N3O3S2. The van der Waals surface area contributed by atoms with Gasteiger partial charge in [-0.15, -0.1) is 0 Å². The highest BCUT2D eigenvalue weighted by atomic mass is 32.2. The largest absolute Gasteiger partial charge is 0.349 e. The molecule has 1 amide bonds. The maximum Gasteiger partial charge on any atom is 0.251 e. The molecule has 1 aromatic carbocycles. The SMILES string of the molecule is Cc1ccc(C(=O)N[C@H](C)C23CC4CC(CC(C4)C2)C3)cc1NC1=N[C@H]2CS(=O)(=O)C[C@H]2S1. The van der Waals surface area contributed by atoms with Gasteiger partial charge in [0.2, 0.25) is 0 Å². The predicted molar refractivity (Wildman–Crippen MR) is 134 cm³/mol. The Balaban J connectivity index is 1.15. The van der Waals surface area contributed by atoms with Crippen LogP contribution in [0.1, 0.15) is 61.4 Å². The fourth-order valence-corrected chi connectivity index (χ4v) is 11.2. The number of nitrogens with zero attached hydrogens (tertiary/aromatic N) is 1. The first-order valence-corrected chi connectivity index (χ1v) is 15.0. The third-order valence-corrected chi connectivity index (χ3v) is 12.1. The fraction of sp³-hybridized carbons (Fsp3) is 0.680. The molecular weight excluding hydrogens is 454 g/mol. The number of benzene rings is 1. The lowest BCUT2D eigenvalue weighted by molar-refractivity contribution is -0.0688. The van der Waals surface area contributed by atoms with E-state index < -0.39 is 9.84 Å². The van der Waals surface area contributed by atoms with E-state index in [0.29, 0.717) is 5.56 Å². The molecule has 0 aromatic heterocycles. The fourth-order valence-electron chi connectivity index (χ4n) is 7.57. The van der Waals surface area contributed by atoms with Crippen LogP contribution in [0.3, 0.4) is 0 Å². The molecule has 2 heterocycles. The number of thioether (sulfide) groups is 1. The van der Waals surface area contributed by atoms with E-state index in [1.54, 1.807) is 0 Å². The number of sulfone groups is 1. The quantitative estimate of drug-likeness (QED) is 0.670. The summed E-state index contributed by atoms with van der Waals surface area (Å²) in [6.07, 6.45) is 8.04. The van der Waals surface area contributed by atoms with Crippen molar-refractivity contribution < 1.29 is 13.2 Å². The Morgan fingerprint density at radius 2 is 1.79 bits per heavy atom. The van der Waals surface area contributed by atoms with Crippen LogP contribution in [0, 0.1) is 30.1 Å². The van der Waals surface area contributed by atoms with E-state index in [2.05, 4.69) is 22.5 Å². The topological polar surface area (TPSA) is 87.6 Å². The van der Waals surface area contributed by atoms with Gasteiger partial charge in [0.1, 0.15) is 0 Å². The number of carbonyl (C=O) groups is 1. The van der Waals surface area contributed by atoms with Crippen LogP contribution in [0.4, 0.5) is 5.69 Å². The summed E-state index contributed by atoms with van der Waals surface area (Å²) < 4.78 is 23.6. The molecule has 33 heavy (non-hydrogen) atoms. The Kier molecular flexibility index (Phi) is 5.15. The zero-order valence-corrected chi connectivity index (χ0v) is 21.0. The molecule has 5 fully saturated rings. The summed E-state index contributed by atoms with van der Waals surface area (Å²) >= 11 is 1.50. The third-order valence-electron chi connectivity index (χ3n) is 8.91. The van der Waals surface area contributed by atoms with E-state index in [0.717, 1.165) is 34.2 Å². The Bertz CT molecular complexity index is 1090. The minimum Gasteiger partial charge on any atom is -0.349 e. The van der Waals surface area contributed by atoms with Crippen molar-refractivity contribution in [3.05, 3.63) is 29.3 Å². The maximum absolute atomic E-state index is 13.2. The van der Waals surface area contributed by atoms with Gasteiger partial charge < -0.3 is 10.6 Å². The lowest BCUT2D eigenvalue weighted by Gasteiger charge is -2.59. The molecule has 6 aliphatic rings.